The Labute approximate surface area is 198 Å². The summed E-state index contributed by atoms with van der Waals surface area (Å²) in [5.41, 5.74) is 6.63. The number of benzene rings is 4. The Morgan fingerprint density at radius 2 is 1.62 bits per heavy atom. The number of rotatable bonds is 3. The first-order valence-electron chi connectivity index (χ1n) is 11.8. The molecule has 0 spiro atoms. The van der Waals surface area contributed by atoms with Crippen molar-refractivity contribution in [1.82, 2.24) is 0 Å². The lowest BCUT2D eigenvalue weighted by molar-refractivity contribution is 0.669. The van der Waals surface area contributed by atoms with Crippen LogP contribution in [0.2, 0.25) is 0 Å². The van der Waals surface area contributed by atoms with Crippen LogP contribution in [0.3, 0.4) is 0 Å². The molecular formula is C32H23NO. The van der Waals surface area contributed by atoms with Crippen molar-refractivity contribution in [1.29, 1.82) is 0 Å². The second kappa shape index (κ2) is 7.64. The number of allylic oxidation sites excluding steroid dienone is 7. The number of fused-ring (bicyclic) bond motifs is 6. The highest BCUT2D eigenvalue weighted by molar-refractivity contribution is 6.19. The second-order valence-corrected chi connectivity index (χ2v) is 8.97. The average Bonchev–Trinajstić information content (AvgIpc) is 3.28. The highest BCUT2D eigenvalue weighted by Crippen LogP contribution is 2.40. The number of hydrogen-bond acceptors (Lipinski definition) is 2. The Bertz CT molecular complexity index is 1680. The molecule has 0 N–H and O–H groups in total. The van der Waals surface area contributed by atoms with E-state index < -0.39 is 0 Å². The number of anilines is 2. The lowest BCUT2D eigenvalue weighted by Crippen LogP contribution is -2.19. The summed E-state index contributed by atoms with van der Waals surface area (Å²) in [7, 11) is 0. The van der Waals surface area contributed by atoms with Crippen molar-refractivity contribution in [2.45, 2.75) is 6.42 Å². The van der Waals surface area contributed by atoms with E-state index in [1.165, 1.54) is 27.4 Å². The molecule has 1 aromatic heterocycles. The maximum Gasteiger partial charge on any atom is 0.137 e. The molecule has 2 heteroatoms. The van der Waals surface area contributed by atoms with E-state index in [2.05, 4.69) is 126 Å². The number of nitrogens with zero attached hydrogens (tertiary/aromatic N) is 1. The Hall–Kier alpha value is -4.30. The molecule has 34 heavy (non-hydrogen) atoms. The Kier molecular flexibility index (Phi) is 4.31. The first kappa shape index (κ1) is 19.2. The van der Waals surface area contributed by atoms with Gasteiger partial charge in [0.15, 0.2) is 0 Å². The summed E-state index contributed by atoms with van der Waals surface area (Å²) in [4.78, 5) is 2.33. The fourth-order valence-electron chi connectivity index (χ4n) is 5.30. The summed E-state index contributed by atoms with van der Waals surface area (Å²) in [5.74, 6) is 0.470. The topological polar surface area (TPSA) is 16.4 Å². The fourth-order valence-corrected chi connectivity index (χ4v) is 5.30. The summed E-state index contributed by atoms with van der Waals surface area (Å²) in [5, 5.41) is 4.80. The molecule has 2 aliphatic rings. The molecule has 162 valence electrons. The van der Waals surface area contributed by atoms with Crippen molar-refractivity contribution in [2.75, 3.05) is 4.90 Å². The minimum Gasteiger partial charge on any atom is -0.456 e. The number of furan rings is 1. The third-order valence-electron chi connectivity index (χ3n) is 6.94. The molecule has 0 fully saturated rings. The highest BCUT2D eigenvalue weighted by atomic mass is 16.3. The van der Waals surface area contributed by atoms with E-state index in [1.54, 1.807) is 0 Å². The second-order valence-electron chi connectivity index (χ2n) is 8.97. The van der Waals surface area contributed by atoms with Gasteiger partial charge in [0.05, 0.1) is 0 Å². The molecule has 0 saturated heterocycles. The summed E-state index contributed by atoms with van der Waals surface area (Å²) < 4.78 is 6.38. The number of para-hydroxylation sites is 1. The van der Waals surface area contributed by atoms with E-state index in [0.717, 1.165) is 34.3 Å². The maximum absolute atomic E-state index is 6.38. The molecule has 4 aromatic carbocycles. The monoisotopic (exact) mass is 437 g/mol. The van der Waals surface area contributed by atoms with Gasteiger partial charge in [0.25, 0.3) is 0 Å². The molecule has 0 saturated carbocycles. The molecule has 7 rings (SSSR count). The molecule has 1 atom stereocenters. The van der Waals surface area contributed by atoms with Gasteiger partial charge in [0.2, 0.25) is 0 Å². The van der Waals surface area contributed by atoms with E-state index >= 15 is 0 Å². The van der Waals surface area contributed by atoms with Gasteiger partial charge in [-0.15, -0.1) is 0 Å². The van der Waals surface area contributed by atoms with Gasteiger partial charge in [-0.1, -0.05) is 78.9 Å². The van der Waals surface area contributed by atoms with Gasteiger partial charge in [0.1, 0.15) is 11.2 Å². The largest absolute Gasteiger partial charge is 0.456 e. The zero-order valence-corrected chi connectivity index (χ0v) is 18.7. The minimum absolute atomic E-state index is 0.470. The quantitative estimate of drug-likeness (QED) is 0.280. The van der Waals surface area contributed by atoms with Crippen molar-refractivity contribution in [3.8, 4) is 0 Å². The highest BCUT2D eigenvalue weighted by Gasteiger charge is 2.21. The summed E-state index contributed by atoms with van der Waals surface area (Å²) >= 11 is 0. The molecule has 0 radical (unpaired) electrons. The molecule has 5 aromatic rings. The van der Waals surface area contributed by atoms with Crippen LogP contribution in [0.25, 0.3) is 32.7 Å². The summed E-state index contributed by atoms with van der Waals surface area (Å²) in [6, 6.07) is 29.9. The van der Waals surface area contributed by atoms with Gasteiger partial charge in [-0.2, -0.15) is 0 Å². The van der Waals surface area contributed by atoms with Crippen molar-refractivity contribution in [3.63, 3.8) is 0 Å². The Balaban J connectivity index is 1.41. The van der Waals surface area contributed by atoms with Gasteiger partial charge in [-0.05, 0) is 59.2 Å². The van der Waals surface area contributed by atoms with Crippen LogP contribution in [-0.4, -0.2) is 0 Å². The Morgan fingerprint density at radius 3 is 2.56 bits per heavy atom. The van der Waals surface area contributed by atoms with Gasteiger partial charge in [-0.25, -0.2) is 0 Å². The van der Waals surface area contributed by atoms with E-state index in [1.807, 2.05) is 0 Å². The average molecular weight is 438 g/mol. The zero-order chi connectivity index (χ0) is 22.5. The van der Waals surface area contributed by atoms with E-state index in [-0.39, 0.29) is 0 Å². The molecule has 2 aliphatic carbocycles. The van der Waals surface area contributed by atoms with Gasteiger partial charge in [0, 0.05) is 39.8 Å². The SMILES string of the molecule is C1=CC2=CC(N(c3ccccc3)c3ccc4c(c3)oc3ccc5ccccc5c34)=CCC2C=C1. The van der Waals surface area contributed by atoms with Crippen LogP contribution >= 0.6 is 0 Å². The van der Waals surface area contributed by atoms with Gasteiger partial charge < -0.3 is 9.32 Å². The van der Waals surface area contributed by atoms with Gasteiger partial charge >= 0.3 is 0 Å². The van der Waals surface area contributed by atoms with E-state index in [4.69, 9.17) is 4.42 Å². The standard InChI is InChI=1S/C32H23NO/c1-2-11-25(12-3-1)33(26-16-14-22-8-4-5-10-24(22)20-26)27-17-18-29-31(21-27)34-30-19-15-23-9-6-7-13-28(23)32(29)30/h1-13,15-22H,14H2. The lowest BCUT2D eigenvalue weighted by atomic mass is 9.87. The van der Waals surface area contributed by atoms with Crippen molar-refractivity contribution < 1.29 is 4.42 Å². The fraction of sp³-hybridized carbons (Fsp3) is 0.0625. The minimum atomic E-state index is 0.470. The maximum atomic E-state index is 6.38. The van der Waals surface area contributed by atoms with Crippen molar-refractivity contribution in [2.24, 2.45) is 5.92 Å². The lowest BCUT2D eigenvalue weighted by Gasteiger charge is -2.30. The smallest absolute Gasteiger partial charge is 0.137 e. The molecule has 1 heterocycles. The van der Waals surface area contributed by atoms with E-state index in [0.29, 0.717) is 5.92 Å². The summed E-state index contributed by atoms with van der Waals surface area (Å²) in [6.07, 6.45) is 14.5. The Morgan fingerprint density at radius 1 is 0.735 bits per heavy atom. The normalized spacial score (nSPS) is 17.1. The zero-order valence-electron chi connectivity index (χ0n) is 18.7. The van der Waals surface area contributed by atoms with Crippen LogP contribution in [0.15, 0.2) is 137 Å². The van der Waals surface area contributed by atoms with Crippen LogP contribution in [0.5, 0.6) is 0 Å². The third kappa shape index (κ3) is 3.03. The number of hydrogen-bond donors (Lipinski definition) is 0. The first-order valence-corrected chi connectivity index (χ1v) is 11.8. The van der Waals surface area contributed by atoms with Crippen LogP contribution in [0.4, 0.5) is 11.4 Å². The molecule has 1 unspecified atom stereocenters. The predicted octanol–water partition coefficient (Wildman–Crippen LogP) is 8.83. The van der Waals surface area contributed by atoms with Crippen molar-refractivity contribution >= 4 is 44.1 Å². The predicted molar refractivity (Wildman–Crippen MR) is 142 cm³/mol. The third-order valence-corrected chi connectivity index (χ3v) is 6.94. The van der Waals surface area contributed by atoms with Crippen LogP contribution in [-0.2, 0) is 0 Å². The molecule has 0 amide bonds. The van der Waals surface area contributed by atoms with Crippen LogP contribution in [0.1, 0.15) is 6.42 Å². The van der Waals surface area contributed by atoms with Crippen LogP contribution < -0.4 is 4.90 Å². The summed E-state index contributed by atoms with van der Waals surface area (Å²) in [6.45, 7) is 0. The van der Waals surface area contributed by atoms with Crippen molar-refractivity contribution in [3.05, 3.63) is 133 Å². The molecular weight excluding hydrogens is 414 g/mol. The van der Waals surface area contributed by atoms with Gasteiger partial charge in [-0.3, -0.25) is 0 Å². The van der Waals surface area contributed by atoms with E-state index in [9.17, 15) is 0 Å². The van der Waals surface area contributed by atoms with Crippen LogP contribution in [0, 0.1) is 5.92 Å². The molecule has 0 bridgehead atoms. The molecule has 0 aliphatic heterocycles. The first-order chi connectivity index (χ1) is 16.8. The molecule has 2 nitrogen and oxygen atoms in total.